The van der Waals surface area contributed by atoms with E-state index >= 15 is 0 Å². The van der Waals surface area contributed by atoms with E-state index < -0.39 is 5.56 Å². The fraction of sp³-hybridized carbons (Fsp3) is 0.400. The quantitative estimate of drug-likeness (QED) is 0.890. The molecule has 0 aliphatic heterocycles. The Morgan fingerprint density at radius 3 is 2.64 bits per heavy atom. The molecule has 0 aliphatic carbocycles. The van der Waals surface area contributed by atoms with Crippen molar-refractivity contribution in [2.75, 3.05) is 5.73 Å². The summed E-state index contributed by atoms with van der Waals surface area (Å²) < 4.78 is 6.52. The molecule has 0 aromatic carbocycles. The standard InChI is InChI=1S/C15H20N4O3/c1-9-5-6-12(22-9)11-7-10(16)14(21)19(18-11)8-13(20)17-15(2,3)4/h5-7H,8,16H2,1-4H3,(H,17,20). The number of anilines is 1. The molecule has 0 saturated heterocycles. The molecule has 7 heteroatoms. The summed E-state index contributed by atoms with van der Waals surface area (Å²) in [6.07, 6.45) is 0. The lowest BCUT2D eigenvalue weighted by Crippen LogP contribution is -2.44. The number of nitrogens with one attached hydrogen (secondary N) is 1. The number of rotatable bonds is 3. The van der Waals surface area contributed by atoms with Crippen LogP contribution >= 0.6 is 0 Å². The molecule has 2 heterocycles. The van der Waals surface area contributed by atoms with Crippen LogP contribution in [0.3, 0.4) is 0 Å². The third-order valence-corrected chi connectivity index (χ3v) is 2.80. The Kier molecular flexibility index (Phi) is 4.07. The zero-order valence-corrected chi connectivity index (χ0v) is 13.1. The molecule has 2 aromatic rings. The van der Waals surface area contributed by atoms with Crippen LogP contribution < -0.4 is 16.6 Å². The first-order valence-electron chi connectivity index (χ1n) is 6.91. The van der Waals surface area contributed by atoms with Crippen molar-refractivity contribution < 1.29 is 9.21 Å². The average molecular weight is 304 g/mol. The van der Waals surface area contributed by atoms with Crippen molar-refractivity contribution in [2.45, 2.75) is 39.8 Å². The monoisotopic (exact) mass is 304 g/mol. The lowest BCUT2D eigenvalue weighted by molar-refractivity contribution is -0.123. The second kappa shape index (κ2) is 5.67. The van der Waals surface area contributed by atoms with Gasteiger partial charge in [0.05, 0.1) is 0 Å². The third-order valence-electron chi connectivity index (χ3n) is 2.80. The number of amides is 1. The summed E-state index contributed by atoms with van der Waals surface area (Å²) in [7, 11) is 0. The van der Waals surface area contributed by atoms with Gasteiger partial charge in [0.25, 0.3) is 5.56 Å². The highest BCUT2D eigenvalue weighted by atomic mass is 16.3. The Balaban J connectivity index is 2.33. The van der Waals surface area contributed by atoms with Gasteiger partial charge in [0, 0.05) is 5.54 Å². The van der Waals surface area contributed by atoms with Gasteiger partial charge in [0.1, 0.15) is 23.7 Å². The van der Waals surface area contributed by atoms with Crippen molar-refractivity contribution >= 4 is 11.6 Å². The Morgan fingerprint density at radius 2 is 2.09 bits per heavy atom. The minimum atomic E-state index is -0.504. The molecule has 0 atom stereocenters. The number of nitrogens with zero attached hydrogens (tertiary/aromatic N) is 2. The summed E-state index contributed by atoms with van der Waals surface area (Å²) in [5, 5.41) is 6.93. The van der Waals surface area contributed by atoms with Crippen molar-refractivity contribution in [3.8, 4) is 11.5 Å². The second-order valence-corrected chi connectivity index (χ2v) is 6.16. The van der Waals surface area contributed by atoms with Gasteiger partial charge >= 0.3 is 0 Å². The van der Waals surface area contributed by atoms with E-state index in [-0.39, 0.29) is 23.7 Å². The molecule has 22 heavy (non-hydrogen) atoms. The molecular weight excluding hydrogens is 284 g/mol. The van der Waals surface area contributed by atoms with E-state index in [1.807, 2.05) is 20.8 Å². The van der Waals surface area contributed by atoms with Crippen molar-refractivity contribution in [1.29, 1.82) is 0 Å². The number of hydrogen-bond donors (Lipinski definition) is 2. The zero-order valence-electron chi connectivity index (χ0n) is 13.1. The molecule has 7 nitrogen and oxygen atoms in total. The van der Waals surface area contributed by atoms with E-state index in [0.29, 0.717) is 11.5 Å². The van der Waals surface area contributed by atoms with Gasteiger partial charge in [0.15, 0.2) is 5.76 Å². The number of carbonyl (C=O) groups excluding carboxylic acids is 1. The third kappa shape index (κ3) is 3.75. The lowest BCUT2D eigenvalue weighted by Gasteiger charge is -2.20. The molecular formula is C15H20N4O3. The number of carbonyl (C=O) groups is 1. The number of nitrogens with two attached hydrogens (primary N) is 1. The van der Waals surface area contributed by atoms with Gasteiger partial charge in [-0.25, -0.2) is 4.68 Å². The van der Waals surface area contributed by atoms with Crippen LogP contribution in [0.5, 0.6) is 0 Å². The van der Waals surface area contributed by atoms with Crippen LogP contribution in [0.4, 0.5) is 5.69 Å². The first-order valence-corrected chi connectivity index (χ1v) is 6.91. The van der Waals surface area contributed by atoms with E-state index in [0.717, 1.165) is 10.4 Å². The highest BCUT2D eigenvalue weighted by Crippen LogP contribution is 2.19. The largest absolute Gasteiger partial charge is 0.460 e. The summed E-state index contributed by atoms with van der Waals surface area (Å²) in [5.41, 5.74) is 5.26. The summed E-state index contributed by atoms with van der Waals surface area (Å²) in [4.78, 5) is 24.0. The molecule has 3 N–H and O–H groups in total. The average Bonchev–Trinajstić information content (AvgIpc) is 2.79. The molecule has 2 aromatic heterocycles. The Morgan fingerprint density at radius 1 is 1.41 bits per heavy atom. The van der Waals surface area contributed by atoms with E-state index in [1.54, 1.807) is 19.1 Å². The van der Waals surface area contributed by atoms with E-state index in [9.17, 15) is 9.59 Å². The molecule has 0 aliphatic rings. The maximum Gasteiger partial charge on any atom is 0.290 e. The topological polar surface area (TPSA) is 103 Å². The van der Waals surface area contributed by atoms with E-state index in [2.05, 4.69) is 10.4 Å². The fourth-order valence-electron chi connectivity index (χ4n) is 1.96. The number of nitrogen functional groups attached to an aromatic ring is 1. The van der Waals surface area contributed by atoms with Crippen LogP contribution in [-0.4, -0.2) is 21.2 Å². The molecule has 1 amide bonds. The van der Waals surface area contributed by atoms with Crippen molar-refractivity contribution in [1.82, 2.24) is 15.1 Å². The molecule has 0 fully saturated rings. The Bertz CT molecular complexity index is 753. The predicted octanol–water partition coefficient (Wildman–Crippen LogP) is 1.31. The SMILES string of the molecule is Cc1ccc(-c2cc(N)c(=O)n(CC(=O)NC(C)(C)C)n2)o1. The van der Waals surface area contributed by atoms with Crippen molar-refractivity contribution in [2.24, 2.45) is 0 Å². The maximum atomic E-state index is 12.0. The molecule has 0 spiro atoms. The van der Waals surface area contributed by atoms with Crippen molar-refractivity contribution in [3.05, 3.63) is 34.3 Å². The van der Waals surface area contributed by atoms with Gasteiger partial charge in [-0.2, -0.15) is 5.10 Å². The van der Waals surface area contributed by atoms with Crippen LogP contribution in [0.25, 0.3) is 11.5 Å². The van der Waals surface area contributed by atoms with Gasteiger partial charge in [-0.1, -0.05) is 0 Å². The highest BCUT2D eigenvalue weighted by molar-refractivity contribution is 5.76. The van der Waals surface area contributed by atoms with Gasteiger partial charge in [-0.05, 0) is 45.9 Å². The van der Waals surface area contributed by atoms with Crippen molar-refractivity contribution in [3.63, 3.8) is 0 Å². The fourth-order valence-corrected chi connectivity index (χ4v) is 1.96. The summed E-state index contributed by atoms with van der Waals surface area (Å²) in [6, 6.07) is 4.97. The molecule has 0 radical (unpaired) electrons. The Hall–Kier alpha value is -2.57. The first-order chi connectivity index (χ1) is 10.2. The Labute approximate surface area is 128 Å². The summed E-state index contributed by atoms with van der Waals surface area (Å²) >= 11 is 0. The van der Waals surface area contributed by atoms with Crippen LogP contribution in [0, 0.1) is 6.92 Å². The maximum absolute atomic E-state index is 12.0. The van der Waals surface area contributed by atoms with Crippen LogP contribution in [0.1, 0.15) is 26.5 Å². The predicted molar refractivity (Wildman–Crippen MR) is 83.2 cm³/mol. The molecule has 2 rings (SSSR count). The van der Waals surface area contributed by atoms with Crippen LogP contribution in [0.15, 0.2) is 27.4 Å². The minimum Gasteiger partial charge on any atom is -0.460 e. The number of aryl methyl sites for hydroxylation is 1. The summed E-state index contributed by atoms with van der Waals surface area (Å²) in [5.74, 6) is 0.905. The number of hydrogen-bond acceptors (Lipinski definition) is 5. The second-order valence-electron chi connectivity index (χ2n) is 6.16. The van der Waals surface area contributed by atoms with Crippen LogP contribution in [-0.2, 0) is 11.3 Å². The van der Waals surface area contributed by atoms with Gasteiger partial charge < -0.3 is 15.5 Å². The zero-order chi connectivity index (χ0) is 16.5. The lowest BCUT2D eigenvalue weighted by atomic mass is 10.1. The van der Waals surface area contributed by atoms with Crippen LogP contribution in [0.2, 0.25) is 0 Å². The molecule has 0 unspecified atom stereocenters. The smallest absolute Gasteiger partial charge is 0.290 e. The summed E-state index contributed by atoms with van der Waals surface area (Å²) in [6.45, 7) is 7.18. The molecule has 0 saturated carbocycles. The number of aromatic nitrogens is 2. The normalized spacial score (nSPS) is 11.5. The molecule has 118 valence electrons. The first kappa shape index (κ1) is 15.8. The van der Waals surface area contributed by atoms with E-state index in [4.69, 9.17) is 10.2 Å². The van der Waals surface area contributed by atoms with Gasteiger partial charge in [-0.3, -0.25) is 9.59 Å². The molecule has 0 bridgehead atoms. The van der Waals surface area contributed by atoms with Gasteiger partial charge in [-0.15, -0.1) is 0 Å². The number of furan rings is 1. The minimum absolute atomic E-state index is 0.0163. The van der Waals surface area contributed by atoms with E-state index in [1.165, 1.54) is 6.07 Å². The van der Waals surface area contributed by atoms with Gasteiger partial charge in [0.2, 0.25) is 5.91 Å². The highest BCUT2D eigenvalue weighted by Gasteiger charge is 2.17.